The van der Waals surface area contributed by atoms with Crippen LogP contribution in [0.4, 0.5) is 0 Å². The van der Waals surface area contributed by atoms with E-state index in [2.05, 4.69) is 11.9 Å². The SMILES string of the molecule is CN1CCC(O)C2(CC2)C1. The Bertz CT molecular complexity index is 142. The van der Waals surface area contributed by atoms with Crippen molar-refractivity contribution in [2.24, 2.45) is 5.41 Å². The summed E-state index contributed by atoms with van der Waals surface area (Å²) in [5.74, 6) is 0. The van der Waals surface area contributed by atoms with Crippen molar-refractivity contribution in [3.05, 3.63) is 0 Å². The summed E-state index contributed by atoms with van der Waals surface area (Å²) in [5, 5.41) is 9.59. The lowest BCUT2D eigenvalue weighted by atomic mass is 9.92. The third kappa shape index (κ3) is 0.867. The van der Waals surface area contributed by atoms with Crippen LogP contribution in [0.1, 0.15) is 19.3 Å². The summed E-state index contributed by atoms with van der Waals surface area (Å²) >= 11 is 0. The van der Waals surface area contributed by atoms with Crippen LogP contribution >= 0.6 is 0 Å². The molecule has 0 aromatic rings. The maximum absolute atomic E-state index is 9.59. The van der Waals surface area contributed by atoms with E-state index in [1.807, 2.05) is 0 Å². The topological polar surface area (TPSA) is 23.5 Å². The predicted molar refractivity (Wildman–Crippen MR) is 39.8 cm³/mol. The molecule has 0 amide bonds. The lowest BCUT2D eigenvalue weighted by Gasteiger charge is -2.34. The summed E-state index contributed by atoms with van der Waals surface area (Å²) in [4.78, 5) is 2.33. The van der Waals surface area contributed by atoms with Gasteiger partial charge in [-0.15, -0.1) is 0 Å². The van der Waals surface area contributed by atoms with E-state index in [1.165, 1.54) is 12.8 Å². The Morgan fingerprint density at radius 2 is 2.20 bits per heavy atom. The van der Waals surface area contributed by atoms with Gasteiger partial charge in [-0.05, 0) is 26.3 Å². The molecule has 2 fully saturated rings. The summed E-state index contributed by atoms with van der Waals surface area (Å²) in [5.41, 5.74) is 0.340. The molecule has 1 saturated heterocycles. The zero-order valence-corrected chi connectivity index (χ0v) is 6.51. The van der Waals surface area contributed by atoms with Crippen molar-refractivity contribution in [1.29, 1.82) is 0 Å². The van der Waals surface area contributed by atoms with Crippen LogP contribution in [0.3, 0.4) is 0 Å². The highest BCUT2D eigenvalue weighted by Crippen LogP contribution is 2.51. The zero-order valence-electron chi connectivity index (χ0n) is 6.51. The van der Waals surface area contributed by atoms with Crippen LogP contribution in [-0.2, 0) is 0 Å². The van der Waals surface area contributed by atoms with Gasteiger partial charge in [0, 0.05) is 18.5 Å². The fraction of sp³-hybridized carbons (Fsp3) is 1.00. The fourth-order valence-electron chi connectivity index (χ4n) is 2.02. The lowest BCUT2D eigenvalue weighted by molar-refractivity contribution is 0.0216. The maximum atomic E-state index is 9.59. The van der Waals surface area contributed by atoms with Crippen molar-refractivity contribution >= 4 is 0 Å². The molecule has 2 rings (SSSR count). The number of hydrogen-bond acceptors (Lipinski definition) is 2. The van der Waals surface area contributed by atoms with E-state index in [0.717, 1.165) is 19.5 Å². The van der Waals surface area contributed by atoms with E-state index >= 15 is 0 Å². The molecule has 0 radical (unpaired) electrons. The molecule has 1 spiro atoms. The molecule has 1 heterocycles. The standard InChI is InChI=1S/C8H15NO/c1-9-5-2-7(10)8(6-9)3-4-8/h7,10H,2-6H2,1H3. The molecule has 1 atom stereocenters. The molecule has 10 heavy (non-hydrogen) atoms. The zero-order chi connectivity index (χ0) is 7.19. The minimum Gasteiger partial charge on any atom is -0.392 e. The van der Waals surface area contributed by atoms with Gasteiger partial charge >= 0.3 is 0 Å². The molecule has 1 saturated carbocycles. The Hall–Kier alpha value is -0.0800. The third-order valence-electron chi connectivity index (χ3n) is 2.97. The van der Waals surface area contributed by atoms with Crippen LogP contribution in [0, 0.1) is 5.41 Å². The van der Waals surface area contributed by atoms with Crippen LogP contribution in [0.5, 0.6) is 0 Å². The molecular weight excluding hydrogens is 126 g/mol. The van der Waals surface area contributed by atoms with E-state index in [1.54, 1.807) is 0 Å². The Morgan fingerprint density at radius 3 is 2.70 bits per heavy atom. The first-order valence-corrected chi connectivity index (χ1v) is 4.10. The molecule has 0 aromatic carbocycles. The second kappa shape index (κ2) is 1.95. The molecule has 58 valence electrons. The molecule has 1 aliphatic carbocycles. The minimum absolute atomic E-state index is 0.00343. The van der Waals surface area contributed by atoms with Gasteiger partial charge in [0.1, 0.15) is 0 Å². The fourth-order valence-corrected chi connectivity index (χ4v) is 2.02. The van der Waals surface area contributed by atoms with Crippen LogP contribution in [0.25, 0.3) is 0 Å². The molecule has 2 heteroatoms. The number of aliphatic hydroxyl groups is 1. The summed E-state index contributed by atoms with van der Waals surface area (Å²) in [6, 6.07) is 0. The molecule has 1 unspecified atom stereocenters. The van der Waals surface area contributed by atoms with Gasteiger partial charge in [0.15, 0.2) is 0 Å². The third-order valence-corrected chi connectivity index (χ3v) is 2.97. The summed E-state index contributed by atoms with van der Waals surface area (Å²) in [7, 11) is 2.14. The molecule has 0 aromatic heterocycles. The van der Waals surface area contributed by atoms with Crippen molar-refractivity contribution in [3.63, 3.8) is 0 Å². The van der Waals surface area contributed by atoms with E-state index in [9.17, 15) is 5.11 Å². The smallest absolute Gasteiger partial charge is 0.0620 e. The Balaban J connectivity index is 2.03. The van der Waals surface area contributed by atoms with Crippen LogP contribution < -0.4 is 0 Å². The van der Waals surface area contributed by atoms with Crippen LogP contribution in [0.15, 0.2) is 0 Å². The van der Waals surface area contributed by atoms with Gasteiger partial charge < -0.3 is 10.0 Å². The Morgan fingerprint density at radius 1 is 1.50 bits per heavy atom. The first-order chi connectivity index (χ1) is 4.73. The van der Waals surface area contributed by atoms with Gasteiger partial charge in [0.25, 0.3) is 0 Å². The van der Waals surface area contributed by atoms with E-state index in [0.29, 0.717) is 5.41 Å². The van der Waals surface area contributed by atoms with Gasteiger partial charge in [-0.3, -0.25) is 0 Å². The van der Waals surface area contributed by atoms with Crippen LogP contribution in [-0.4, -0.2) is 36.2 Å². The molecule has 1 N–H and O–H groups in total. The number of likely N-dealkylation sites (tertiary alicyclic amines) is 1. The average molecular weight is 141 g/mol. The Kier molecular flexibility index (Phi) is 1.29. The number of rotatable bonds is 0. The minimum atomic E-state index is 0.00343. The van der Waals surface area contributed by atoms with E-state index in [4.69, 9.17) is 0 Å². The highest BCUT2D eigenvalue weighted by atomic mass is 16.3. The van der Waals surface area contributed by atoms with E-state index < -0.39 is 0 Å². The van der Waals surface area contributed by atoms with Gasteiger partial charge in [0.05, 0.1) is 6.10 Å². The number of nitrogens with zero attached hydrogens (tertiary/aromatic N) is 1. The first-order valence-electron chi connectivity index (χ1n) is 4.10. The van der Waals surface area contributed by atoms with Crippen LogP contribution in [0.2, 0.25) is 0 Å². The average Bonchev–Trinajstić information content (AvgIpc) is 2.62. The first kappa shape index (κ1) is 6.62. The van der Waals surface area contributed by atoms with Gasteiger partial charge in [-0.2, -0.15) is 0 Å². The summed E-state index contributed by atoms with van der Waals surface area (Å²) < 4.78 is 0. The van der Waals surface area contributed by atoms with Crippen molar-refractivity contribution in [3.8, 4) is 0 Å². The maximum Gasteiger partial charge on any atom is 0.0620 e. The molecule has 2 aliphatic rings. The Labute approximate surface area is 61.8 Å². The van der Waals surface area contributed by atoms with Crippen molar-refractivity contribution in [2.75, 3.05) is 20.1 Å². The van der Waals surface area contributed by atoms with Gasteiger partial charge in [-0.25, -0.2) is 0 Å². The number of aliphatic hydroxyl groups excluding tert-OH is 1. The normalized spacial score (nSPS) is 38.4. The largest absolute Gasteiger partial charge is 0.392 e. The van der Waals surface area contributed by atoms with Gasteiger partial charge in [-0.1, -0.05) is 0 Å². The van der Waals surface area contributed by atoms with Crippen molar-refractivity contribution < 1.29 is 5.11 Å². The predicted octanol–water partition coefficient (Wildman–Crippen LogP) is 0.463. The monoisotopic (exact) mass is 141 g/mol. The van der Waals surface area contributed by atoms with Gasteiger partial charge in [0.2, 0.25) is 0 Å². The second-order valence-corrected chi connectivity index (χ2v) is 3.90. The van der Waals surface area contributed by atoms with Crippen molar-refractivity contribution in [2.45, 2.75) is 25.4 Å². The second-order valence-electron chi connectivity index (χ2n) is 3.90. The molecular formula is C8H15NO. The molecule has 0 bridgehead atoms. The summed E-state index contributed by atoms with van der Waals surface area (Å²) in [6.07, 6.45) is 3.48. The van der Waals surface area contributed by atoms with Crippen molar-refractivity contribution in [1.82, 2.24) is 4.90 Å². The summed E-state index contributed by atoms with van der Waals surface area (Å²) in [6.45, 7) is 2.19. The number of piperidine rings is 1. The quantitative estimate of drug-likeness (QED) is 0.530. The number of hydrogen-bond donors (Lipinski definition) is 1. The van der Waals surface area contributed by atoms with E-state index in [-0.39, 0.29) is 6.10 Å². The molecule has 1 aliphatic heterocycles. The lowest BCUT2D eigenvalue weighted by Crippen LogP contribution is -2.42. The highest BCUT2D eigenvalue weighted by molar-refractivity contribution is 5.02. The molecule has 2 nitrogen and oxygen atoms in total. The highest BCUT2D eigenvalue weighted by Gasteiger charge is 2.50.